The number of hydrogen-bond acceptors (Lipinski definition) is 5. The van der Waals surface area contributed by atoms with E-state index in [1.54, 1.807) is 25.3 Å². The standard InChI is InChI=1S/C16H19NO4S/c1-11-7-8-22-16(11)12(18)9-17-15(19)10-21-14-6-4-3-5-13(14)20-2/h3-8,12,18H,9-10H2,1-2H3,(H,17,19). The fourth-order valence-electron chi connectivity index (χ4n) is 1.96. The molecule has 1 aromatic carbocycles. The van der Waals surface area contributed by atoms with Gasteiger partial charge in [0.2, 0.25) is 0 Å². The highest BCUT2D eigenvalue weighted by Gasteiger charge is 2.13. The molecule has 1 unspecified atom stereocenters. The van der Waals surface area contributed by atoms with Crippen LogP contribution in [-0.2, 0) is 4.79 Å². The number of nitrogens with one attached hydrogen (secondary N) is 1. The summed E-state index contributed by atoms with van der Waals surface area (Å²) in [5.74, 6) is 0.790. The molecule has 22 heavy (non-hydrogen) atoms. The number of carbonyl (C=O) groups is 1. The lowest BCUT2D eigenvalue weighted by Crippen LogP contribution is -2.32. The van der Waals surface area contributed by atoms with Crippen molar-refractivity contribution in [1.29, 1.82) is 0 Å². The van der Waals surface area contributed by atoms with Gasteiger partial charge in [-0.1, -0.05) is 12.1 Å². The quantitative estimate of drug-likeness (QED) is 0.821. The molecule has 0 radical (unpaired) electrons. The minimum absolute atomic E-state index is 0.128. The monoisotopic (exact) mass is 321 g/mol. The molecule has 0 fully saturated rings. The highest BCUT2D eigenvalue weighted by Crippen LogP contribution is 2.25. The molecule has 2 aromatic rings. The third-order valence-electron chi connectivity index (χ3n) is 3.12. The maximum absolute atomic E-state index is 11.8. The lowest BCUT2D eigenvalue weighted by molar-refractivity contribution is -0.123. The average molecular weight is 321 g/mol. The molecule has 0 aliphatic rings. The van der Waals surface area contributed by atoms with E-state index in [2.05, 4.69) is 5.32 Å². The van der Waals surface area contributed by atoms with Gasteiger partial charge in [-0.25, -0.2) is 0 Å². The number of para-hydroxylation sites is 2. The van der Waals surface area contributed by atoms with Crippen molar-refractivity contribution in [2.24, 2.45) is 0 Å². The number of rotatable bonds is 7. The summed E-state index contributed by atoms with van der Waals surface area (Å²) in [6, 6.07) is 9.06. The second-order valence-electron chi connectivity index (χ2n) is 4.73. The first-order valence-corrected chi connectivity index (χ1v) is 7.74. The zero-order valence-corrected chi connectivity index (χ0v) is 13.4. The Morgan fingerprint density at radius 2 is 2.05 bits per heavy atom. The molecule has 1 heterocycles. The Balaban J connectivity index is 1.80. The first kappa shape index (κ1) is 16.3. The van der Waals surface area contributed by atoms with E-state index < -0.39 is 6.10 Å². The molecule has 2 N–H and O–H groups in total. The fraction of sp³-hybridized carbons (Fsp3) is 0.312. The van der Waals surface area contributed by atoms with E-state index in [-0.39, 0.29) is 19.1 Å². The van der Waals surface area contributed by atoms with Crippen LogP contribution in [-0.4, -0.2) is 31.3 Å². The third kappa shape index (κ3) is 4.22. The SMILES string of the molecule is COc1ccccc1OCC(=O)NCC(O)c1sccc1C. The van der Waals surface area contributed by atoms with Crippen LogP contribution in [0, 0.1) is 6.92 Å². The van der Waals surface area contributed by atoms with Crippen molar-refractivity contribution >= 4 is 17.2 Å². The number of aliphatic hydroxyl groups is 1. The number of ether oxygens (including phenoxy) is 2. The minimum Gasteiger partial charge on any atom is -0.493 e. The predicted octanol–water partition coefficient (Wildman–Crippen LogP) is 2.29. The van der Waals surface area contributed by atoms with Gasteiger partial charge in [0, 0.05) is 11.4 Å². The normalized spacial score (nSPS) is 11.8. The van der Waals surface area contributed by atoms with Crippen LogP contribution in [0.1, 0.15) is 16.5 Å². The second kappa shape index (κ2) is 7.82. The van der Waals surface area contributed by atoms with Crippen molar-refractivity contribution in [3.8, 4) is 11.5 Å². The third-order valence-corrected chi connectivity index (χ3v) is 4.24. The molecular formula is C16H19NO4S. The Morgan fingerprint density at radius 1 is 1.32 bits per heavy atom. The maximum atomic E-state index is 11.8. The summed E-state index contributed by atoms with van der Waals surface area (Å²) < 4.78 is 10.6. The van der Waals surface area contributed by atoms with Gasteiger partial charge in [-0.05, 0) is 36.1 Å². The number of methoxy groups -OCH3 is 1. The summed E-state index contributed by atoms with van der Waals surface area (Å²) >= 11 is 1.48. The zero-order valence-electron chi connectivity index (χ0n) is 12.5. The number of amides is 1. The van der Waals surface area contributed by atoms with Gasteiger partial charge in [-0.2, -0.15) is 0 Å². The van der Waals surface area contributed by atoms with Gasteiger partial charge in [0.1, 0.15) is 6.10 Å². The Morgan fingerprint density at radius 3 is 2.68 bits per heavy atom. The molecule has 118 valence electrons. The van der Waals surface area contributed by atoms with Crippen LogP contribution in [0.15, 0.2) is 35.7 Å². The van der Waals surface area contributed by atoms with Crippen molar-refractivity contribution in [3.05, 3.63) is 46.2 Å². The summed E-state index contributed by atoms with van der Waals surface area (Å²) in [5.41, 5.74) is 1.03. The van der Waals surface area contributed by atoms with Gasteiger partial charge in [-0.15, -0.1) is 11.3 Å². The first-order chi connectivity index (χ1) is 10.6. The van der Waals surface area contributed by atoms with Crippen molar-refractivity contribution in [1.82, 2.24) is 5.32 Å². The molecule has 0 spiro atoms. The molecule has 2 rings (SSSR count). The summed E-state index contributed by atoms with van der Waals surface area (Å²) in [4.78, 5) is 12.7. The smallest absolute Gasteiger partial charge is 0.258 e. The van der Waals surface area contributed by atoms with Gasteiger partial charge >= 0.3 is 0 Å². The van der Waals surface area contributed by atoms with E-state index >= 15 is 0 Å². The Labute approximate surface area is 133 Å². The van der Waals surface area contributed by atoms with Gasteiger partial charge in [0.15, 0.2) is 18.1 Å². The number of aliphatic hydroxyl groups excluding tert-OH is 1. The molecule has 0 saturated carbocycles. The van der Waals surface area contributed by atoms with Gasteiger partial charge in [0.25, 0.3) is 5.91 Å². The van der Waals surface area contributed by atoms with Gasteiger partial charge < -0.3 is 19.9 Å². The summed E-state index contributed by atoms with van der Waals surface area (Å²) in [7, 11) is 1.54. The number of hydrogen-bond donors (Lipinski definition) is 2. The number of benzene rings is 1. The van der Waals surface area contributed by atoms with Crippen molar-refractivity contribution < 1.29 is 19.4 Å². The second-order valence-corrected chi connectivity index (χ2v) is 5.67. The van der Waals surface area contributed by atoms with Crippen molar-refractivity contribution in [3.63, 3.8) is 0 Å². The molecule has 0 aliphatic heterocycles. The van der Waals surface area contributed by atoms with Crippen LogP contribution in [0.3, 0.4) is 0 Å². The van der Waals surface area contributed by atoms with E-state index in [4.69, 9.17) is 9.47 Å². The molecule has 1 aromatic heterocycles. The minimum atomic E-state index is -0.699. The number of carbonyl (C=O) groups excluding carboxylic acids is 1. The zero-order chi connectivity index (χ0) is 15.9. The van der Waals surface area contributed by atoms with Crippen LogP contribution >= 0.6 is 11.3 Å². The summed E-state index contributed by atoms with van der Waals surface area (Å²) in [6.45, 7) is 1.97. The van der Waals surface area contributed by atoms with E-state index in [0.717, 1.165) is 10.4 Å². The highest BCUT2D eigenvalue weighted by atomic mass is 32.1. The predicted molar refractivity (Wildman–Crippen MR) is 85.5 cm³/mol. The lowest BCUT2D eigenvalue weighted by Gasteiger charge is -2.13. The Hall–Kier alpha value is -2.05. The molecule has 1 atom stereocenters. The molecule has 0 bridgehead atoms. The van der Waals surface area contributed by atoms with E-state index in [1.165, 1.54) is 11.3 Å². The molecule has 0 saturated heterocycles. The molecule has 5 nitrogen and oxygen atoms in total. The molecule has 0 aliphatic carbocycles. The van der Waals surface area contributed by atoms with Crippen LogP contribution in [0.5, 0.6) is 11.5 Å². The highest BCUT2D eigenvalue weighted by molar-refractivity contribution is 7.10. The van der Waals surface area contributed by atoms with Crippen LogP contribution in [0.2, 0.25) is 0 Å². The van der Waals surface area contributed by atoms with E-state index in [1.807, 2.05) is 24.4 Å². The van der Waals surface area contributed by atoms with Crippen LogP contribution in [0.25, 0.3) is 0 Å². The average Bonchev–Trinajstić information content (AvgIpc) is 2.97. The largest absolute Gasteiger partial charge is 0.493 e. The van der Waals surface area contributed by atoms with Crippen LogP contribution < -0.4 is 14.8 Å². The Kier molecular flexibility index (Phi) is 5.80. The van der Waals surface area contributed by atoms with Gasteiger partial charge in [-0.3, -0.25) is 4.79 Å². The maximum Gasteiger partial charge on any atom is 0.258 e. The first-order valence-electron chi connectivity index (χ1n) is 6.86. The number of aryl methyl sites for hydroxylation is 1. The molecular weight excluding hydrogens is 302 g/mol. The Bertz CT molecular complexity index is 626. The van der Waals surface area contributed by atoms with E-state index in [0.29, 0.717) is 11.5 Å². The summed E-state index contributed by atoms with van der Waals surface area (Å²) in [5, 5.41) is 14.6. The van der Waals surface area contributed by atoms with Crippen molar-refractivity contribution in [2.45, 2.75) is 13.0 Å². The number of thiophene rings is 1. The molecule has 1 amide bonds. The van der Waals surface area contributed by atoms with Gasteiger partial charge in [0.05, 0.1) is 7.11 Å². The van der Waals surface area contributed by atoms with Crippen molar-refractivity contribution in [2.75, 3.05) is 20.3 Å². The van der Waals surface area contributed by atoms with E-state index in [9.17, 15) is 9.90 Å². The molecule has 6 heteroatoms. The fourth-order valence-corrected chi connectivity index (χ4v) is 2.87. The topological polar surface area (TPSA) is 67.8 Å². The van der Waals surface area contributed by atoms with Crippen LogP contribution in [0.4, 0.5) is 0 Å². The lowest BCUT2D eigenvalue weighted by atomic mass is 10.2. The summed E-state index contributed by atoms with van der Waals surface area (Å²) in [6.07, 6.45) is -0.699.